The smallest absolute Gasteiger partial charge is 0.0726 e. The minimum Gasteiger partial charge on any atom is -0.310 e. The highest BCUT2D eigenvalue weighted by Crippen LogP contribution is 2.64. The lowest BCUT2D eigenvalue weighted by molar-refractivity contribution is 0.686. The topological polar surface area (TPSA) is 3.24 Å². The average molecular weight is 796 g/mol. The molecule has 3 aliphatic carbocycles. The van der Waals surface area contributed by atoms with Crippen molar-refractivity contribution in [3.63, 3.8) is 0 Å². The highest BCUT2D eigenvalue weighted by atomic mass is 32.1. The van der Waals surface area contributed by atoms with Crippen LogP contribution >= 0.6 is 11.3 Å². The molecule has 288 valence electrons. The van der Waals surface area contributed by atoms with Crippen LogP contribution in [-0.2, 0) is 18.3 Å². The minimum atomic E-state index is -0.460. The molecule has 0 aliphatic heterocycles. The molecule has 9 aromatic carbocycles. The molecule has 0 N–H and O–H groups in total. The van der Waals surface area contributed by atoms with Crippen LogP contribution in [0.15, 0.2) is 200 Å². The summed E-state index contributed by atoms with van der Waals surface area (Å²) in [7, 11) is 0. The first-order chi connectivity index (χ1) is 30.2. The van der Waals surface area contributed by atoms with Crippen molar-refractivity contribution in [1.82, 2.24) is 0 Å². The average Bonchev–Trinajstić information content (AvgIpc) is 3.95. The third-order valence-corrected chi connectivity index (χ3v) is 15.0. The van der Waals surface area contributed by atoms with Crippen molar-refractivity contribution in [2.45, 2.75) is 31.1 Å². The van der Waals surface area contributed by atoms with Gasteiger partial charge in [0.05, 0.1) is 11.1 Å². The molecule has 0 fully saturated rings. The van der Waals surface area contributed by atoms with E-state index in [9.17, 15) is 0 Å². The van der Waals surface area contributed by atoms with E-state index in [1.807, 2.05) is 11.3 Å². The second kappa shape index (κ2) is 13.5. The zero-order chi connectivity index (χ0) is 40.1. The van der Waals surface area contributed by atoms with E-state index in [1.165, 1.54) is 117 Å². The summed E-state index contributed by atoms with van der Waals surface area (Å²) in [5.41, 5.74) is 21.7. The van der Waals surface area contributed by atoms with Crippen LogP contribution in [0.1, 0.15) is 46.2 Å². The molecule has 10 aromatic rings. The van der Waals surface area contributed by atoms with Gasteiger partial charge in [0.25, 0.3) is 0 Å². The number of nitrogens with zero attached hydrogens (tertiary/aromatic N) is 1. The summed E-state index contributed by atoms with van der Waals surface area (Å²) in [5.74, 6) is 0. The Morgan fingerprint density at radius 2 is 0.934 bits per heavy atom. The molecule has 0 bridgehead atoms. The Labute approximate surface area is 360 Å². The van der Waals surface area contributed by atoms with Crippen LogP contribution in [0.2, 0.25) is 0 Å². The molecule has 1 spiro atoms. The Morgan fingerprint density at radius 3 is 1.67 bits per heavy atom. The lowest BCUT2D eigenvalue weighted by Gasteiger charge is -2.33. The highest BCUT2D eigenvalue weighted by molar-refractivity contribution is 7.25. The molecule has 0 saturated carbocycles. The molecule has 1 nitrogen and oxygen atoms in total. The van der Waals surface area contributed by atoms with Crippen LogP contribution in [0.4, 0.5) is 17.1 Å². The summed E-state index contributed by atoms with van der Waals surface area (Å²) >= 11 is 1.88. The predicted octanol–water partition coefficient (Wildman–Crippen LogP) is 16.1. The quantitative estimate of drug-likeness (QED) is 0.168. The lowest BCUT2D eigenvalue weighted by Crippen LogP contribution is -2.26. The SMILES string of the molecule is c1ccc(-c2ccc(N(c3ccc4sc5ccccc5c4c3)c3cc4c(cc3-c3ccc5c(c3)CCCC5)-c3ccccc3C43c4ccccc4-c4ccccc43)cc2)cc1. The van der Waals surface area contributed by atoms with E-state index in [4.69, 9.17) is 0 Å². The van der Waals surface area contributed by atoms with Gasteiger partial charge in [-0.1, -0.05) is 152 Å². The molecular weight excluding hydrogens is 755 g/mol. The first-order valence-electron chi connectivity index (χ1n) is 21.7. The number of thiophene rings is 1. The normalized spacial score (nSPS) is 14.1. The summed E-state index contributed by atoms with van der Waals surface area (Å²) in [4.78, 5) is 2.55. The Balaban J connectivity index is 1.14. The van der Waals surface area contributed by atoms with Gasteiger partial charge < -0.3 is 4.90 Å². The van der Waals surface area contributed by atoms with Gasteiger partial charge in [0.15, 0.2) is 0 Å². The number of anilines is 3. The zero-order valence-corrected chi connectivity index (χ0v) is 34.6. The fraction of sp³-hybridized carbons (Fsp3) is 0.0847. The molecule has 0 radical (unpaired) electrons. The molecule has 1 heterocycles. The molecule has 0 atom stereocenters. The molecule has 61 heavy (non-hydrogen) atoms. The fourth-order valence-corrected chi connectivity index (χ4v) is 12.2. The fourth-order valence-electron chi connectivity index (χ4n) is 11.2. The van der Waals surface area contributed by atoms with Crippen molar-refractivity contribution >= 4 is 48.6 Å². The van der Waals surface area contributed by atoms with E-state index < -0.39 is 5.41 Å². The molecule has 0 saturated heterocycles. The molecule has 0 amide bonds. The van der Waals surface area contributed by atoms with Crippen molar-refractivity contribution in [3.05, 3.63) is 234 Å². The van der Waals surface area contributed by atoms with Gasteiger partial charge in [-0.15, -0.1) is 11.3 Å². The van der Waals surface area contributed by atoms with E-state index in [2.05, 4.69) is 205 Å². The number of rotatable bonds is 5. The maximum Gasteiger partial charge on any atom is 0.0726 e. The van der Waals surface area contributed by atoms with E-state index >= 15 is 0 Å². The highest BCUT2D eigenvalue weighted by Gasteiger charge is 2.52. The molecule has 1 aromatic heterocycles. The van der Waals surface area contributed by atoms with Gasteiger partial charge in [-0.3, -0.25) is 0 Å². The van der Waals surface area contributed by atoms with Gasteiger partial charge in [0.2, 0.25) is 0 Å². The third-order valence-electron chi connectivity index (χ3n) is 13.9. The number of hydrogen-bond donors (Lipinski definition) is 0. The maximum absolute atomic E-state index is 2.59. The number of benzene rings is 9. The van der Waals surface area contributed by atoms with Crippen LogP contribution in [0.3, 0.4) is 0 Å². The van der Waals surface area contributed by atoms with Crippen molar-refractivity contribution in [2.75, 3.05) is 4.90 Å². The number of fused-ring (bicyclic) bond motifs is 14. The molecule has 3 aliphatic rings. The van der Waals surface area contributed by atoms with Crippen molar-refractivity contribution in [1.29, 1.82) is 0 Å². The van der Waals surface area contributed by atoms with Crippen LogP contribution in [0.25, 0.3) is 64.7 Å². The standard InChI is InChI=1S/C59H41NS/c1-2-14-38(15-3-1)40-28-30-43(31-29-40)60(44-32-33-58-51(35-44)48-21-9-13-25-57(48)61-58)56-37-55-50(36-49(56)42-27-26-39-16-4-5-17-41(39)34-42)47-20-8-12-24-54(47)59(55)52-22-10-6-18-45(52)46-19-7-11-23-53(46)59/h1-3,6-15,18-37H,4-5,16-17H2. The number of aryl methyl sites for hydroxylation is 2. The molecular formula is C59H41NS. The second-order valence-electron chi connectivity index (χ2n) is 17.0. The van der Waals surface area contributed by atoms with E-state index in [1.54, 1.807) is 0 Å². The predicted molar refractivity (Wildman–Crippen MR) is 258 cm³/mol. The van der Waals surface area contributed by atoms with E-state index in [0.717, 1.165) is 24.2 Å². The summed E-state index contributed by atoms with van der Waals surface area (Å²) in [6.07, 6.45) is 4.81. The Hall–Kier alpha value is -7.00. The van der Waals surface area contributed by atoms with Crippen LogP contribution in [0.5, 0.6) is 0 Å². The zero-order valence-electron chi connectivity index (χ0n) is 33.7. The molecule has 13 rings (SSSR count). The Kier molecular flexibility index (Phi) is 7.71. The Bertz CT molecular complexity index is 3330. The summed E-state index contributed by atoms with van der Waals surface area (Å²) < 4.78 is 2.63. The van der Waals surface area contributed by atoms with Crippen molar-refractivity contribution in [2.24, 2.45) is 0 Å². The van der Waals surface area contributed by atoms with Crippen molar-refractivity contribution < 1.29 is 0 Å². The van der Waals surface area contributed by atoms with Gasteiger partial charge >= 0.3 is 0 Å². The van der Waals surface area contributed by atoms with Crippen LogP contribution in [0, 0.1) is 0 Å². The van der Waals surface area contributed by atoms with Crippen molar-refractivity contribution in [3.8, 4) is 44.5 Å². The van der Waals surface area contributed by atoms with Gasteiger partial charge in [-0.2, -0.15) is 0 Å². The van der Waals surface area contributed by atoms with Crippen LogP contribution in [-0.4, -0.2) is 0 Å². The van der Waals surface area contributed by atoms with Crippen LogP contribution < -0.4 is 4.90 Å². The first kappa shape index (κ1) is 34.8. The van der Waals surface area contributed by atoms with Gasteiger partial charge in [0.1, 0.15) is 0 Å². The largest absolute Gasteiger partial charge is 0.310 e. The van der Waals surface area contributed by atoms with E-state index in [0.29, 0.717) is 0 Å². The van der Waals surface area contributed by atoms with E-state index in [-0.39, 0.29) is 0 Å². The monoisotopic (exact) mass is 795 g/mol. The third kappa shape index (κ3) is 5.13. The first-order valence-corrected chi connectivity index (χ1v) is 22.5. The van der Waals surface area contributed by atoms with Gasteiger partial charge in [-0.05, 0) is 147 Å². The summed E-state index contributed by atoms with van der Waals surface area (Å²) in [5, 5.41) is 2.60. The molecule has 0 unspecified atom stereocenters. The second-order valence-corrected chi connectivity index (χ2v) is 18.1. The summed E-state index contributed by atoms with van der Waals surface area (Å²) in [6.45, 7) is 0. The Morgan fingerprint density at radius 1 is 0.361 bits per heavy atom. The van der Waals surface area contributed by atoms with Gasteiger partial charge in [-0.25, -0.2) is 0 Å². The minimum absolute atomic E-state index is 0.460. The summed E-state index contributed by atoms with van der Waals surface area (Å²) in [6, 6.07) is 75.9. The lowest BCUT2D eigenvalue weighted by atomic mass is 9.70. The van der Waals surface area contributed by atoms with Gasteiger partial charge in [0, 0.05) is 37.1 Å². The maximum atomic E-state index is 2.59. The molecule has 2 heteroatoms. The number of hydrogen-bond acceptors (Lipinski definition) is 2.